The molecule has 0 aliphatic rings. The molecule has 0 unspecified atom stereocenters. The van der Waals surface area contributed by atoms with Gasteiger partial charge in [-0.05, 0) is 37.8 Å². The molecule has 3 N–H and O–H groups in total. The maximum Gasteiger partial charge on any atom is 0.356 e. The van der Waals surface area contributed by atoms with Crippen molar-refractivity contribution in [2.75, 3.05) is 38.1 Å². The fraction of sp³-hybridized carbons (Fsp3) is 0.400. The summed E-state index contributed by atoms with van der Waals surface area (Å²) in [6.07, 6.45) is 3.85. The van der Waals surface area contributed by atoms with Crippen LogP contribution in [0.2, 0.25) is 0 Å². The summed E-state index contributed by atoms with van der Waals surface area (Å²) in [4.78, 5) is 29.9. The molecule has 1 amide bonds. The van der Waals surface area contributed by atoms with Crippen LogP contribution in [0.15, 0.2) is 42.6 Å². The Morgan fingerprint density at radius 3 is 2.65 bits per heavy atom. The molecule has 9 heteroatoms. The van der Waals surface area contributed by atoms with E-state index in [9.17, 15) is 14.7 Å². The third-order valence-corrected chi connectivity index (χ3v) is 5.48. The van der Waals surface area contributed by atoms with Crippen LogP contribution in [0.3, 0.4) is 0 Å². The standard InChI is InChI=1S/C25H32N4O5/c1-17(11-13-30)27-19-14-20-22(28-21(31)16-33-2)23(25(32)34-3)29(24(20)26-15-19)12-7-10-18-8-5-4-6-9-18/h4-6,8-9,14-15,17,27,30H,7,10-13,16H2,1-3H3,(H,28,31)/t17-/m1/s1. The number of pyridine rings is 1. The van der Waals surface area contributed by atoms with Gasteiger partial charge in [0.15, 0.2) is 5.69 Å². The number of hydrogen-bond donors (Lipinski definition) is 3. The van der Waals surface area contributed by atoms with Gasteiger partial charge in [0, 0.05) is 31.7 Å². The molecular weight excluding hydrogens is 436 g/mol. The summed E-state index contributed by atoms with van der Waals surface area (Å²) >= 11 is 0. The maximum absolute atomic E-state index is 12.8. The molecule has 0 spiro atoms. The van der Waals surface area contributed by atoms with Gasteiger partial charge >= 0.3 is 5.97 Å². The second-order valence-electron chi connectivity index (χ2n) is 8.09. The number of carbonyl (C=O) groups is 2. The first-order valence-corrected chi connectivity index (χ1v) is 11.3. The molecule has 1 atom stereocenters. The Labute approximate surface area is 199 Å². The number of esters is 1. The Kier molecular flexibility index (Phi) is 9.00. The highest BCUT2D eigenvalue weighted by Crippen LogP contribution is 2.33. The van der Waals surface area contributed by atoms with Gasteiger partial charge in [-0.15, -0.1) is 0 Å². The number of anilines is 2. The molecule has 2 aromatic heterocycles. The molecule has 0 radical (unpaired) electrons. The van der Waals surface area contributed by atoms with Crippen molar-refractivity contribution in [1.82, 2.24) is 9.55 Å². The van der Waals surface area contributed by atoms with Crippen molar-refractivity contribution in [3.05, 3.63) is 53.9 Å². The first-order valence-electron chi connectivity index (χ1n) is 11.3. The van der Waals surface area contributed by atoms with E-state index in [1.54, 1.807) is 10.8 Å². The highest BCUT2D eigenvalue weighted by Gasteiger charge is 2.26. The number of ether oxygens (including phenoxy) is 2. The molecule has 2 heterocycles. The van der Waals surface area contributed by atoms with Crippen LogP contribution in [0.5, 0.6) is 0 Å². The lowest BCUT2D eigenvalue weighted by Gasteiger charge is -2.14. The van der Waals surface area contributed by atoms with E-state index in [0.717, 1.165) is 12.8 Å². The fourth-order valence-corrected chi connectivity index (χ4v) is 3.90. The molecule has 34 heavy (non-hydrogen) atoms. The van der Waals surface area contributed by atoms with Gasteiger partial charge in [0.25, 0.3) is 0 Å². The van der Waals surface area contributed by atoms with E-state index in [4.69, 9.17) is 9.47 Å². The van der Waals surface area contributed by atoms with Gasteiger partial charge in [0.2, 0.25) is 5.91 Å². The minimum absolute atomic E-state index is 0.0174. The van der Waals surface area contributed by atoms with Crippen molar-refractivity contribution in [3.63, 3.8) is 0 Å². The number of benzene rings is 1. The van der Waals surface area contributed by atoms with Crippen molar-refractivity contribution < 1.29 is 24.2 Å². The van der Waals surface area contributed by atoms with Crippen molar-refractivity contribution in [2.45, 2.75) is 38.8 Å². The number of aromatic nitrogens is 2. The molecule has 9 nitrogen and oxygen atoms in total. The molecule has 0 fully saturated rings. The van der Waals surface area contributed by atoms with E-state index in [0.29, 0.717) is 35.4 Å². The summed E-state index contributed by atoms with van der Waals surface area (Å²) in [5.41, 5.74) is 3.07. The number of nitrogens with one attached hydrogen (secondary N) is 2. The molecular formula is C25H32N4O5. The molecule has 0 saturated carbocycles. The summed E-state index contributed by atoms with van der Waals surface area (Å²) in [7, 11) is 2.74. The van der Waals surface area contributed by atoms with Gasteiger partial charge in [0.05, 0.1) is 24.7 Å². The topological polar surface area (TPSA) is 115 Å². The molecule has 0 bridgehead atoms. The van der Waals surface area contributed by atoms with Crippen LogP contribution in [0.1, 0.15) is 35.8 Å². The van der Waals surface area contributed by atoms with Crippen molar-refractivity contribution in [2.24, 2.45) is 0 Å². The average Bonchev–Trinajstić information content (AvgIpc) is 3.12. The molecule has 182 valence electrons. The Morgan fingerprint density at radius 1 is 1.21 bits per heavy atom. The van der Waals surface area contributed by atoms with E-state index >= 15 is 0 Å². The predicted molar refractivity (Wildman–Crippen MR) is 131 cm³/mol. The second kappa shape index (κ2) is 12.2. The van der Waals surface area contributed by atoms with E-state index in [-0.39, 0.29) is 30.9 Å². The SMILES string of the molecule is COCC(=O)Nc1c(C(=O)OC)n(CCCc2ccccc2)c2ncc(N[C@H](C)CCO)cc12. The monoisotopic (exact) mass is 468 g/mol. The Balaban J connectivity index is 2.03. The number of nitrogens with zero attached hydrogens (tertiary/aromatic N) is 2. The quantitative estimate of drug-likeness (QED) is 0.350. The number of rotatable bonds is 12. The molecule has 0 aliphatic heterocycles. The van der Waals surface area contributed by atoms with Gasteiger partial charge in [-0.2, -0.15) is 0 Å². The van der Waals surface area contributed by atoms with Crippen LogP contribution in [-0.2, 0) is 27.2 Å². The molecule has 3 rings (SSSR count). The Bertz CT molecular complexity index is 1110. The number of aliphatic hydroxyl groups is 1. The van der Waals surface area contributed by atoms with E-state index in [1.807, 2.05) is 31.2 Å². The third-order valence-electron chi connectivity index (χ3n) is 5.48. The zero-order valence-electron chi connectivity index (χ0n) is 19.8. The smallest absolute Gasteiger partial charge is 0.356 e. The van der Waals surface area contributed by atoms with Gasteiger partial charge in [-0.3, -0.25) is 4.79 Å². The average molecular weight is 469 g/mol. The Morgan fingerprint density at radius 2 is 1.97 bits per heavy atom. The lowest BCUT2D eigenvalue weighted by molar-refractivity contribution is -0.119. The highest BCUT2D eigenvalue weighted by molar-refractivity contribution is 6.11. The third kappa shape index (κ3) is 6.12. The van der Waals surface area contributed by atoms with E-state index in [2.05, 4.69) is 27.8 Å². The summed E-state index contributed by atoms with van der Waals surface area (Å²) < 4.78 is 11.8. The maximum atomic E-state index is 12.8. The lowest BCUT2D eigenvalue weighted by Crippen LogP contribution is -2.20. The summed E-state index contributed by atoms with van der Waals surface area (Å²) in [5.74, 6) is -0.948. The number of aliphatic hydroxyl groups excluding tert-OH is 1. The van der Waals surface area contributed by atoms with E-state index in [1.165, 1.54) is 19.8 Å². The number of fused-ring (bicyclic) bond motifs is 1. The number of hydrogen-bond acceptors (Lipinski definition) is 7. The normalized spacial score (nSPS) is 11.9. The minimum Gasteiger partial charge on any atom is -0.464 e. The fourth-order valence-electron chi connectivity index (χ4n) is 3.90. The van der Waals surface area contributed by atoms with Gasteiger partial charge in [-0.1, -0.05) is 30.3 Å². The predicted octanol–water partition coefficient (Wildman–Crippen LogP) is 3.22. The number of carbonyl (C=O) groups excluding carboxylic acids is 2. The van der Waals surface area contributed by atoms with Crippen LogP contribution >= 0.6 is 0 Å². The van der Waals surface area contributed by atoms with Gasteiger partial charge in [-0.25, -0.2) is 9.78 Å². The Hall–Kier alpha value is -3.43. The summed E-state index contributed by atoms with van der Waals surface area (Å²) in [6.45, 7) is 2.37. The van der Waals surface area contributed by atoms with Crippen LogP contribution in [0, 0.1) is 0 Å². The van der Waals surface area contributed by atoms with Gasteiger partial charge in [0.1, 0.15) is 12.3 Å². The van der Waals surface area contributed by atoms with Crippen LogP contribution in [0.4, 0.5) is 11.4 Å². The summed E-state index contributed by atoms with van der Waals surface area (Å²) in [5, 5.41) is 15.9. The van der Waals surface area contributed by atoms with Crippen LogP contribution in [-0.4, -0.2) is 60.0 Å². The summed E-state index contributed by atoms with van der Waals surface area (Å²) in [6, 6.07) is 12.0. The van der Waals surface area contributed by atoms with Crippen molar-refractivity contribution >= 4 is 34.3 Å². The molecule has 0 saturated heterocycles. The lowest BCUT2D eigenvalue weighted by atomic mass is 10.1. The number of methoxy groups -OCH3 is 2. The minimum atomic E-state index is -0.561. The molecule has 0 aliphatic carbocycles. The van der Waals surface area contributed by atoms with Crippen LogP contribution < -0.4 is 10.6 Å². The van der Waals surface area contributed by atoms with Gasteiger partial charge < -0.3 is 29.8 Å². The highest BCUT2D eigenvalue weighted by atomic mass is 16.5. The van der Waals surface area contributed by atoms with E-state index < -0.39 is 5.97 Å². The number of amides is 1. The second-order valence-corrected chi connectivity index (χ2v) is 8.09. The first-order chi connectivity index (χ1) is 16.5. The van der Waals surface area contributed by atoms with Crippen LogP contribution in [0.25, 0.3) is 11.0 Å². The largest absolute Gasteiger partial charge is 0.464 e. The van der Waals surface area contributed by atoms with Crippen molar-refractivity contribution in [3.8, 4) is 0 Å². The molecule has 3 aromatic rings. The zero-order chi connectivity index (χ0) is 24.5. The molecule has 1 aromatic carbocycles. The van der Waals surface area contributed by atoms with Crippen molar-refractivity contribution in [1.29, 1.82) is 0 Å². The number of aryl methyl sites for hydroxylation is 2. The zero-order valence-corrected chi connectivity index (χ0v) is 19.8. The first kappa shape index (κ1) is 25.2.